The maximum absolute atomic E-state index is 11.2. The number of urea groups is 1. The third-order valence-corrected chi connectivity index (χ3v) is 2.81. The molecule has 0 saturated heterocycles. The molecule has 88 valence electrons. The van der Waals surface area contributed by atoms with Crippen LogP contribution in [0.2, 0.25) is 0 Å². The highest BCUT2D eigenvalue weighted by atomic mass is 32.2. The van der Waals surface area contributed by atoms with Crippen LogP contribution in [-0.4, -0.2) is 40.7 Å². The Morgan fingerprint density at radius 2 is 1.93 bits per heavy atom. The predicted molar refractivity (Wildman–Crippen MR) is 61.2 cm³/mol. The van der Waals surface area contributed by atoms with E-state index in [9.17, 15) is 9.59 Å². The number of carboxylic acids is 1. The van der Waals surface area contributed by atoms with Gasteiger partial charge in [0.1, 0.15) is 6.04 Å². The zero-order valence-corrected chi connectivity index (χ0v) is 10.1. The topological polar surface area (TPSA) is 78.4 Å². The van der Waals surface area contributed by atoms with E-state index < -0.39 is 18.0 Å². The maximum atomic E-state index is 11.2. The number of hydrogen-bond acceptors (Lipinski definition) is 3. The van der Waals surface area contributed by atoms with Gasteiger partial charge in [-0.15, -0.1) is 0 Å². The minimum absolute atomic E-state index is 0.0379. The van der Waals surface area contributed by atoms with Gasteiger partial charge in [-0.2, -0.15) is 11.8 Å². The quantitative estimate of drug-likeness (QED) is 0.638. The molecular weight excluding hydrogens is 216 g/mol. The van der Waals surface area contributed by atoms with Gasteiger partial charge >= 0.3 is 12.0 Å². The summed E-state index contributed by atoms with van der Waals surface area (Å²) in [4.78, 5) is 21.7. The maximum Gasteiger partial charge on any atom is 0.325 e. The molecule has 5 nitrogen and oxygen atoms in total. The summed E-state index contributed by atoms with van der Waals surface area (Å²) in [6.07, 6.45) is 0. The highest BCUT2D eigenvalue weighted by molar-refractivity contribution is 7.99. The summed E-state index contributed by atoms with van der Waals surface area (Å²) in [6.45, 7) is 5.35. The van der Waals surface area contributed by atoms with Gasteiger partial charge in [0.15, 0.2) is 0 Å². The Balaban J connectivity index is 3.77. The van der Waals surface area contributed by atoms with Crippen LogP contribution >= 0.6 is 11.8 Å². The number of carbonyl (C=O) groups is 2. The predicted octanol–water partition coefficient (Wildman–Crippen LogP) is 0.900. The third-order valence-electron chi connectivity index (χ3n) is 1.67. The lowest BCUT2D eigenvalue weighted by atomic mass is 10.3. The van der Waals surface area contributed by atoms with Crippen molar-refractivity contribution >= 4 is 23.8 Å². The van der Waals surface area contributed by atoms with Gasteiger partial charge in [-0.1, -0.05) is 6.92 Å². The van der Waals surface area contributed by atoms with E-state index in [2.05, 4.69) is 10.6 Å². The van der Waals surface area contributed by atoms with E-state index in [1.165, 1.54) is 6.92 Å². The van der Waals surface area contributed by atoms with Gasteiger partial charge in [-0.05, 0) is 19.6 Å². The smallest absolute Gasteiger partial charge is 0.325 e. The molecule has 2 amide bonds. The number of carboxylic acid groups (broad SMARTS) is 1. The Morgan fingerprint density at radius 1 is 1.33 bits per heavy atom. The molecule has 0 aromatic heterocycles. The number of carbonyl (C=O) groups excluding carboxylic acids is 1. The van der Waals surface area contributed by atoms with Gasteiger partial charge in [0.2, 0.25) is 0 Å². The van der Waals surface area contributed by atoms with Gasteiger partial charge in [0, 0.05) is 11.8 Å². The molecule has 15 heavy (non-hydrogen) atoms. The van der Waals surface area contributed by atoms with Crippen molar-refractivity contribution < 1.29 is 14.7 Å². The molecule has 0 saturated carbocycles. The van der Waals surface area contributed by atoms with Crippen LogP contribution in [0.5, 0.6) is 0 Å². The lowest BCUT2D eigenvalue weighted by Gasteiger charge is -2.15. The van der Waals surface area contributed by atoms with Crippen LogP contribution in [0.3, 0.4) is 0 Å². The van der Waals surface area contributed by atoms with Crippen molar-refractivity contribution in [2.45, 2.75) is 32.9 Å². The first-order chi connectivity index (χ1) is 6.97. The van der Waals surface area contributed by atoms with E-state index in [0.29, 0.717) is 0 Å². The Bertz CT molecular complexity index is 223. The van der Waals surface area contributed by atoms with Crippen LogP contribution in [0.15, 0.2) is 0 Å². The third kappa shape index (κ3) is 7.07. The Labute approximate surface area is 94.0 Å². The summed E-state index contributed by atoms with van der Waals surface area (Å²) in [5.41, 5.74) is 0. The van der Waals surface area contributed by atoms with Crippen LogP contribution in [0.4, 0.5) is 4.79 Å². The molecule has 0 aliphatic rings. The summed E-state index contributed by atoms with van der Waals surface area (Å²) in [6, 6.07) is -1.26. The highest BCUT2D eigenvalue weighted by Gasteiger charge is 2.14. The summed E-state index contributed by atoms with van der Waals surface area (Å²) in [7, 11) is 0. The van der Waals surface area contributed by atoms with E-state index >= 15 is 0 Å². The number of thioether (sulfide) groups is 1. The molecule has 0 spiro atoms. The molecule has 0 radical (unpaired) electrons. The molecule has 0 heterocycles. The zero-order valence-electron chi connectivity index (χ0n) is 9.24. The van der Waals surface area contributed by atoms with Crippen LogP contribution in [-0.2, 0) is 4.79 Å². The van der Waals surface area contributed by atoms with Crippen molar-refractivity contribution in [1.82, 2.24) is 10.6 Å². The Morgan fingerprint density at radius 3 is 2.40 bits per heavy atom. The standard InChI is InChI=1S/C9H18N2O3S/c1-4-15-5-6(2)10-9(14)11-7(3)8(12)13/h6-7H,4-5H2,1-3H3,(H,12,13)(H2,10,11,14)/t6?,7-/m0/s1. The summed E-state index contributed by atoms with van der Waals surface area (Å²) < 4.78 is 0. The average Bonchev–Trinajstić information content (AvgIpc) is 2.14. The van der Waals surface area contributed by atoms with Gasteiger partial charge in [0.25, 0.3) is 0 Å². The van der Waals surface area contributed by atoms with Crippen molar-refractivity contribution in [3.05, 3.63) is 0 Å². The van der Waals surface area contributed by atoms with Gasteiger partial charge in [-0.3, -0.25) is 4.79 Å². The Kier molecular flexibility index (Phi) is 6.94. The molecule has 2 atom stereocenters. The lowest BCUT2D eigenvalue weighted by Crippen LogP contribution is -2.47. The number of nitrogens with one attached hydrogen (secondary N) is 2. The second kappa shape index (κ2) is 7.39. The van der Waals surface area contributed by atoms with E-state index in [-0.39, 0.29) is 6.04 Å². The minimum atomic E-state index is -1.04. The van der Waals surface area contributed by atoms with Crippen molar-refractivity contribution in [2.75, 3.05) is 11.5 Å². The molecule has 0 aromatic rings. The van der Waals surface area contributed by atoms with Crippen molar-refractivity contribution in [2.24, 2.45) is 0 Å². The number of amides is 2. The largest absolute Gasteiger partial charge is 0.480 e. The fourth-order valence-electron chi connectivity index (χ4n) is 0.860. The number of rotatable bonds is 6. The second-order valence-corrected chi connectivity index (χ2v) is 4.56. The lowest BCUT2D eigenvalue weighted by molar-refractivity contribution is -0.138. The highest BCUT2D eigenvalue weighted by Crippen LogP contribution is 2.00. The van der Waals surface area contributed by atoms with Crippen LogP contribution in [0.25, 0.3) is 0 Å². The molecular formula is C9H18N2O3S. The molecule has 3 N–H and O–H groups in total. The summed E-state index contributed by atoms with van der Waals surface area (Å²) in [5.74, 6) is 0.783. The van der Waals surface area contributed by atoms with Crippen molar-refractivity contribution in [3.63, 3.8) is 0 Å². The van der Waals surface area contributed by atoms with E-state index in [1.807, 2.05) is 13.8 Å². The summed E-state index contributed by atoms with van der Waals surface area (Å²) >= 11 is 1.72. The fraction of sp³-hybridized carbons (Fsp3) is 0.778. The number of hydrogen-bond donors (Lipinski definition) is 3. The SMILES string of the molecule is CCSCC(C)NC(=O)N[C@@H](C)C(=O)O. The first-order valence-corrected chi connectivity index (χ1v) is 6.00. The molecule has 1 unspecified atom stereocenters. The second-order valence-electron chi connectivity index (χ2n) is 3.24. The minimum Gasteiger partial charge on any atom is -0.480 e. The molecule has 0 aliphatic carbocycles. The van der Waals surface area contributed by atoms with Crippen molar-refractivity contribution in [1.29, 1.82) is 0 Å². The van der Waals surface area contributed by atoms with E-state index in [0.717, 1.165) is 11.5 Å². The van der Waals surface area contributed by atoms with Crippen LogP contribution in [0, 0.1) is 0 Å². The summed E-state index contributed by atoms with van der Waals surface area (Å²) in [5, 5.41) is 13.6. The normalized spacial score (nSPS) is 14.1. The fourth-order valence-corrected chi connectivity index (χ4v) is 1.53. The first kappa shape index (κ1) is 14.1. The Hall–Kier alpha value is -0.910. The molecule has 0 fully saturated rings. The van der Waals surface area contributed by atoms with Crippen LogP contribution in [0.1, 0.15) is 20.8 Å². The van der Waals surface area contributed by atoms with Gasteiger partial charge in [-0.25, -0.2) is 4.79 Å². The molecule has 6 heteroatoms. The van der Waals surface area contributed by atoms with E-state index in [4.69, 9.17) is 5.11 Å². The van der Waals surface area contributed by atoms with Gasteiger partial charge in [0.05, 0.1) is 0 Å². The van der Waals surface area contributed by atoms with Crippen LogP contribution < -0.4 is 10.6 Å². The van der Waals surface area contributed by atoms with Crippen molar-refractivity contribution in [3.8, 4) is 0 Å². The molecule has 0 aromatic carbocycles. The molecule has 0 bridgehead atoms. The van der Waals surface area contributed by atoms with E-state index in [1.54, 1.807) is 11.8 Å². The monoisotopic (exact) mass is 234 g/mol. The van der Waals surface area contributed by atoms with Gasteiger partial charge < -0.3 is 15.7 Å². The molecule has 0 rings (SSSR count). The zero-order chi connectivity index (χ0) is 11.8. The molecule has 0 aliphatic heterocycles. The number of aliphatic carboxylic acids is 1. The first-order valence-electron chi connectivity index (χ1n) is 4.85. The average molecular weight is 234 g/mol.